The summed E-state index contributed by atoms with van der Waals surface area (Å²) in [6.45, 7) is 1.96. The molecule has 0 saturated carbocycles. The van der Waals surface area contributed by atoms with Gasteiger partial charge in [0.25, 0.3) is 0 Å². The van der Waals surface area contributed by atoms with Gasteiger partial charge in [0.15, 0.2) is 11.5 Å². The lowest BCUT2D eigenvalue weighted by atomic mass is 10.3. The predicted octanol–water partition coefficient (Wildman–Crippen LogP) is 1.47. The molecular formula is C10H12N4O. The van der Waals surface area contributed by atoms with E-state index >= 15 is 0 Å². The molecule has 78 valence electrons. The van der Waals surface area contributed by atoms with E-state index in [1.165, 1.54) is 0 Å². The molecule has 0 aliphatic carbocycles. The fourth-order valence-corrected chi connectivity index (χ4v) is 1.35. The van der Waals surface area contributed by atoms with Crippen LogP contribution < -0.4 is 5.32 Å². The molecule has 0 saturated heterocycles. The van der Waals surface area contributed by atoms with Crippen LogP contribution in [0.1, 0.15) is 19.8 Å². The zero-order valence-electron chi connectivity index (χ0n) is 8.47. The van der Waals surface area contributed by atoms with Gasteiger partial charge in [0.05, 0.1) is 6.20 Å². The van der Waals surface area contributed by atoms with Crippen LogP contribution in [0, 0.1) is 0 Å². The Morgan fingerprint density at radius 1 is 1.60 bits per heavy atom. The zero-order chi connectivity index (χ0) is 10.7. The highest BCUT2D eigenvalue weighted by Gasteiger charge is 2.06. The number of fused-ring (bicyclic) bond motifs is 1. The van der Waals surface area contributed by atoms with Gasteiger partial charge in [-0.25, -0.2) is 4.98 Å². The summed E-state index contributed by atoms with van der Waals surface area (Å²) in [5.41, 5.74) is 0.726. The molecule has 0 aliphatic heterocycles. The molecule has 5 nitrogen and oxygen atoms in total. The molecule has 1 N–H and O–H groups in total. The van der Waals surface area contributed by atoms with Crippen molar-refractivity contribution in [3.63, 3.8) is 0 Å². The van der Waals surface area contributed by atoms with Crippen molar-refractivity contribution in [2.24, 2.45) is 0 Å². The number of anilines is 1. The number of amides is 1. The fraction of sp³-hybridized carbons (Fsp3) is 0.300. The Kier molecular flexibility index (Phi) is 2.62. The van der Waals surface area contributed by atoms with Crippen molar-refractivity contribution >= 4 is 17.4 Å². The van der Waals surface area contributed by atoms with Crippen molar-refractivity contribution < 1.29 is 4.79 Å². The first-order valence-corrected chi connectivity index (χ1v) is 4.90. The molecule has 0 atom stereocenters. The Balaban J connectivity index is 2.25. The average molecular weight is 204 g/mol. The normalized spacial score (nSPS) is 10.5. The van der Waals surface area contributed by atoms with E-state index in [0.29, 0.717) is 12.2 Å². The Morgan fingerprint density at radius 3 is 3.27 bits per heavy atom. The Hall–Kier alpha value is -1.91. The van der Waals surface area contributed by atoms with Crippen molar-refractivity contribution in [3.8, 4) is 0 Å². The van der Waals surface area contributed by atoms with Gasteiger partial charge in [-0.05, 0) is 18.6 Å². The second-order valence-electron chi connectivity index (χ2n) is 3.24. The van der Waals surface area contributed by atoms with Crippen molar-refractivity contribution in [2.75, 3.05) is 5.32 Å². The molecule has 2 aromatic heterocycles. The number of carbonyl (C=O) groups is 1. The summed E-state index contributed by atoms with van der Waals surface area (Å²) < 4.78 is 1.60. The fourth-order valence-electron chi connectivity index (χ4n) is 1.35. The van der Waals surface area contributed by atoms with Gasteiger partial charge >= 0.3 is 0 Å². The molecule has 2 heterocycles. The summed E-state index contributed by atoms with van der Waals surface area (Å²) in [5, 5.41) is 6.86. The van der Waals surface area contributed by atoms with Gasteiger partial charge in [0.1, 0.15) is 0 Å². The van der Waals surface area contributed by atoms with Gasteiger partial charge in [-0.2, -0.15) is 9.61 Å². The summed E-state index contributed by atoms with van der Waals surface area (Å²) in [5.74, 6) is 0.606. The maximum absolute atomic E-state index is 11.4. The molecule has 1 amide bonds. The lowest BCUT2D eigenvalue weighted by Crippen LogP contribution is -2.12. The van der Waals surface area contributed by atoms with Crippen molar-refractivity contribution in [2.45, 2.75) is 19.8 Å². The summed E-state index contributed by atoms with van der Waals surface area (Å²) in [7, 11) is 0. The third kappa shape index (κ3) is 1.96. The van der Waals surface area contributed by atoms with Crippen LogP contribution in [0.15, 0.2) is 24.5 Å². The number of hydrogen-bond donors (Lipinski definition) is 1. The third-order valence-electron chi connectivity index (χ3n) is 2.02. The van der Waals surface area contributed by atoms with Gasteiger partial charge in [0, 0.05) is 12.6 Å². The summed E-state index contributed by atoms with van der Waals surface area (Å²) in [6, 6.07) is 3.64. The van der Waals surface area contributed by atoms with E-state index in [9.17, 15) is 4.79 Å². The third-order valence-corrected chi connectivity index (χ3v) is 2.02. The second-order valence-corrected chi connectivity index (χ2v) is 3.24. The van der Waals surface area contributed by atoms with Crippen LogP contribution in [0.25, 0.3) is 5.65 Å². The Morgan fingerprint density at radius 2 is 2.47 bits per heavy atom. The highest BCUT2D eigenvalue weighted by molar-refractivity contribution is 5.90. The topological polar surface area (TPSA) is 59.3 Å². The number of nitrogens with zero attached hydrogens (tertiary/aromatic N) is 3. The van der Waals surface area contributed by atoms with Crippen LogP contribution in [-0.2, 0) is 4.79 Å². The van der Waals surface area contributed by atoms with E-state index in [0.717, 1.165) is 12.1 Å². The highest BCUT2D eigenvalue weighted by Crippen LogP contribution is 2.09. The molecular weight excluding hydrogens is 192 g/mol. The van der Waals surface area contributed by atoms with E-state index in [1.807, 2.05) is 13.0 Å². The van der Waals surface area contributed by atoms with Gasteiger partial charge in [0.2, 0.25) is 5.91 Å². The van der Waals surface area contributed by atoms with E-state index < -0.39 is 0 Å². The average Bonchev–Trinajstić information content (AvgIpc) is 2.62. The maximum Gasteiger partial charge on any atom is 0.225 e. The van der Waals surface area contributed by atoms with Crippen LogP contribution >= 0.6 is 0 Å². The molecule has 0 radical (unpaired) electrons. The predicted molar refractivity (Wildman–Crippen MR) is 56.5 cm³/mol. The number of rotatable bonds is 3. The quantitative estimate of drug-likeness (QED) is 0.823. The largest absolute Gasteiger partial charge is 0.309 e. The van der Waals surface area contributed by atoms with Crippen LogP contribution in [0.3, 0.4) is 0 Å². The molecule has 0 aliphatic rings. The lowest BCUT2D eigenvalue weighted by molar-refractivity contribution is -0.116. The number of hydrogen-bond acceptors (Lipinski definition) is 3. The number of nitrogens with one attached hydrogen (secondary N) is 1. The maximum atomic E-state index is 11.4. The van der Waals surface area contributed by atoms with Crippen LogP contribution in [0.2, 0.25) is 0 Å². The molecule has 5 heteroatoms. The van der Waals surface area contributed by atoms with E-state index in [-0.39, 0.29) is 5.91 Å². The molecule has 0 unspecified atom stereocenters. The second kappa shape index (κ2) is 4.08. The molecule has 0 fully saturated rings. The lowest BCUT2D eigenvalue weighted by Gasteiger charge is -2.01. The van der Waals surface area contributed by atoms with Gasteiger partial charge in [-0.15, -0.1) is 0 Å². The first-order chi connectivity index (χ1) is 7.31. The molecule has 0 spiro atoms. The molecule has 2 rings (SSSR count). The van der Waals surface area contributed by atoms with Gasteiger partial charge in [-0.3, -0.25) is 4.79 Å². The standard InChI is InChI=1S/C10H12N4O/c1-2-4-10(15)13-9-7-11-8-5-3-6-12-14(8)9/h3,5-7H,2,4H2,1H3,(H,13,15). The van der Waals surface area contributed by atoms with Crippen molar-refractivity contribution in [3.05, 3.63) is 24.5 Å². The van der Waals surface area contributed by atoms with Crippen molar-refractivity contribution in [1.29, 1.82) is 0 Å². The Bertz CT molecular complexity index is 477. The van der Waals surface area contributed by atoms with E-state index in [4.69, 9.17) is 0 Å². The smallest absolute Gasteiger partial charge is 0.225 e. The number of aromatic nitrogens is 3. The first-order valence-electron chi connectivity index (χ1n) is 4.90. The minimum atomic E-state index is -0.00930. The first kappa shape index (κ1) is 9.64. The monoisotopic (exact) mass is 204 g/mol. The molecule has 0 aromatic carbocycles. The molecule has 2 aromatic rings. The SMILES string of the molecule is CCCC(=O)Nc1cnc2cccnn12. The van der Waals surface area contributed by atoms with Crippen LogP contribution in [0.4, 0.5) is 5.82 Å². The summed E-state index contributed by atoms with van der Waals surface area (Å²) in [6.07, 6.45) is 4.61. The number of carbonyl (C=O) groups excluding carboxylic acids is 1. The van der Waals surface area contributed by atoms with E-state index in [1.54, 1.807) is 23.0 Å². The minimum absolute atomic E-state index is 0.00930. The van der Waals surface area contributed by atoms with Crippen LogP contribution in [-0.4, -0.2) is 20.5 Å². The number of imidazole rings is 1. The summed E-state index contributed by atoms with van der Waals surface area (Å²) >= 11 is 0. The highest BCUT2D eigenvalue weighted by atomic mass is 16.1. The van der Waals surface area contributed by atoms with Gasteiger partial charge < -0.3 is 5.32 Å². The molecule has 0 bridgehead atoms. The van der Waals surface area contributed by atoms with Crippen molar-refractivity contribution in [1.82, 2.24) is 14.6 Å². The molecule has 15 heavy (non-hydrogen) atoms. The Labute approximate surface area is 87.1 Å². The summed E-state index contributed by atoms with van der Waals surface area (Å²) in [4.78, 5) is 15.5. The zero-order valence-corrected chi connectivity index (χ0v) is 8.47. The minimum Gasteiger partial charge on any atom is -0.309 e. The van der Waals surface area contributed by atoms with Crippen LogP contribution in [0.5, 0.6) is 0 Å². The van der Waals surface area contributed by atoms with Gasteiger partial charge in [-0.1, -0.05) is 6.92 Å². The van der Waals surface area contributed by atoms with E-state index in [2.05, 4.69) is 15.4 Å².